The molecular formula is C21H25N5O3. The number of nitrogens with zero attached hydrogens (tertiary/aromatic N) is 4. The summed E-state index contributed by atoms with van der Waals surface area (Å²) in [5, 5.41) is 18.2. The molecule has 0 bridgehead atoms. The summed E-state index contributed by atoms with van der Waals surface area (Å²) >= 11 is 0. The first-order valence-corrected chi connectivity index (χ1v) is 9.75. The highest BCUT2D eigenvalue weighted by Gasteiger charge is 2.36. The highest BCUT2D eigenvalue weighted by atomic mass is 16.3. The van der Waals surface area contributed by atoms with E-state index in [1.165, 1.54) is 0 Å². The number of aryl methyl sites for hydroxylation is 1. The molecule has 2 amide bonds. The van der Waals surface area contributed by atoms with Crippen LogP contribution in [0.15, 0.2) is 48.9 Å². The number of aliphatic hydroxyl groups excluding tert-OH is 1. The van der Waals surface area contributed by atoms with E-state index in [0.29, 0.717) is 18.5 Å². The number of amides is 2. The molecule has 0 aliphatic carbocycles. The lowest BCUT2D eigenvalue weighted by molar-refractivity contribution is -0.135. The second-order valence-electron chi connectivity index (χ2n) is 7.61. The van der Waals surface area contributed by atoms with E-state index in [-0.39, 0.29) is 24.4 Å². The molecule has 0 radical (unpaired) electrons. The summed E-state index contributed by atoms with van der Waals surface area (Å²) in [6.07, 6.45) is 5.17. The first-order chi connectivity index (χ1) is 13.9. The zero-order chi connectivity index (χ0) is 20.5. The molecule has 3 atom stereocenters. The van der Waals surface area contributed by atoms with Crippen molar-refractivity contribution in [3.63, 3.8) is 0 Å². The van der Waals surface area contributed by atoms with Crippen LogP contribution in [0.25, 0.3) is 10.9 Å². The summed E-state index contributed by atoms with van der Waals surface area (Å²) in [7, 11) is 1.96. The molecule has 2 N–H and O–H groups in total. The van der Waals surface area contributed by atoms with Crippen LogP contribution < -0.4 is 5.32 Å². The fraction of sp³-hybridized carbons (Fsp3) is 0.381. The van der Waals surface area contributed by atoms with Gasteiger partial charge in [0.1, 0.15) is 6.04 Å². The number of hydrogen-bond donors (Lipinski definition) is 2. The quantitative estimate of drug-likeness (QED) is 0.682. The standard InChI is InChI=1S/C21H25N5O3/c1-14(26-8-3-7-23-26)21(29)25-13-18(27)11-17(25)12-22-20(28)16-4-5-19-15(10-16)6-9-24(19)2/h3-10,14,17-18,27H,11-13H2,1-2H3,(H,22,28)/t14?,17-,18+/m0/s1. The molecule has 1 fully saturated rings. The molecule has 1 aromatic carbocycles. The van der Waals surface area contributed by atoms with Gasteiger partial charge in [0, 0.05) is 55.2 Å². The van der Waals surface area contributed by atoms with Crippen LogP contribution in [0.3, 0.4) is 0 Å². The van der Waals surface area contributed by atoms with Crippen LogP contribution >= 0.6 is 0 Å². The van der Waals surface area contributed by atoms with Gasteiger partial charge >= 0.3 is 0 Å². The molecule has 2 aromatic heterocycles. The molecular weight excluding hydrogens is 370 g/mol. The molecule has 1 unspecified atom stereocenters. The third-order valence-electron chi connectivity index (χ3n) is 5.60. The van der Waals surface area contributed by atoms with Crippen LogP contribution in [0.2, 0.25) is 0 Å². The fourth-order valence-corrected chi connectivity index (χ4v) is 3.95. The number of carbonyl (C=O) groups is 2. The SMILES string of the molecule is CC(C(=O)N1C[C@H](O)C[C@H]1CNC(=O)c1ccc2c(ccn2C)c1)n1cccn1. The van der Waals surface area contributed by atoms with Gasteiger partial charge in [-0.3, -0.25) is 14.3 Å². The number of β-amino-alcohol motifs (C(OH)–C–C–N with tert-alkyl or cyclic N) is 1. The number of nitrogens with one attached hydrogen (secondary N) is 1. The Kier molecular flexibility index (Phi) is 5.10. The van der Waals surface area contributed by atoms with Crippen molar-refractivity contribution in [2.45, 2.75) is 31.5 Å². The topological polar surface area (TPSA) is 92.4 Å². The van der Waals surface area contributed by atoms with Gasteiger partial charge in [0.2, 0.25) is 5.91 Å². The lowest BCUT2D eigenvalue weighted by atomic mass is 10.1. The van der Waals surface area contributed by atoms with Crippen molar-refractivity contribution >= 4 is 22.7 Å². The number of aliphatic hydroxyl groups is 1. The monoisotopic (exact) mass is 395 g/mol. The second kappa shape index (κ2) is 7.71. The Morgan fingerprint density at radius 1 is 1.31 bits per heavy atom. The highest BCUT2D eigenvalue weighted by Crippen LogP contribution is 2.22. The van der Waals surface area contributed by atoms with Gasteiger partial charge in [-0.2, -0.15) is 5.10 Å². The van der Waals surface area contributed by atoms with E-state index < -0.39 is 12.1 Å². The molecule has 3 aromatic rings. The van der Waals surface area contributed by atoms with Crippen LogP contribution in [0.4, 0.5) is 0 Å². The smallest absolute Gasteiger partial charge is 0.251 e. The van der Waals surface area contributed by atoms with Crippen LogP contribution in [-0.2, 0) is 11.8 Å². The fourth-order valence-electron chi connectivity index (χ4n) is 3.95. The average molecular weight is 395 g/mol. The minimum Gasteiger partial charge on any atom is -0.391 e. The first-order valence-electron chi connectivity index (χ1n) is 9.75. The summed E-state index contributed by atoms with van der Waals surface area (Å²) in [5.41, 5.74) is 1.63. The van der Waals surface area contributed by atoms with Crippen LogP contribution in [0.1, 0.15) is 29.7 Å². The average Bonchev–Trinajstić information content (AvgIpc) is 3.45. The molecule has 0 saturated carbocycles. The maximum Gasteiger partial charge on any atom is 0.251 e. The molecule has 0 spiro atoms. The van der Waals surface area contributed by atoms with Gasteiger partial charge in [0.05, 0.1) is 12.1 Å². The minimum atomic E-state index is -0.591. The molecule has 4 rings (SSSR count). The van der Waals surface area contributed by atoms with Crippen molar-refractivity contribution in [1.82, 2.24) is 24.6 Å². The zero-order valence-electron chi connectivity index (χ0n) is 16.5. The zero-order valence-corrected chi connectivity index (χ0v) is 16.5. The van der Waals surface area contributed by atoms with Gasteiger partial charge in [0.15, 0.2) is 0 Å². The normalized spacial score (nSPS) is 20.2. The second-order valence-corrected chi connectivity index (χ2v) is 7.61. The van der Waals surface area contributed by atoms with Crippen LogP contribution in [0, 0.1) is 0 Å². The molecule has 29 heavy (non-hydrogen) atoms. The summed E-state index contributed by atoms with van der Waals surface area (Å²) in [4.78, 5) is 27.2. The number of fused-ring (bicyclic) bond motifs is 1. The highest BCUT2D eigenvalue weighted by molar-refractivity contribution is 5.98. The van der Waals surface area contributed by atoms with Crippen molar-refractivity contribution < 1.29 is 14.7 Å². The Morgan fingerprint density at radius 3 is 2.90 bits per heavy atom. The predicted molar refractivity (Wildman–Crippen MR) is 108 cm³/mol. The third kappa shape index (κ3) is 3.75. The van der Waals surface area contributed by atoms with Crippen molar-refractivity contribution in [3.05, 3.63) is 54.5 Å². The molecule has 3 heterocycles. The Hall–Kier alpha value is -3.13. The van der Waals surface area contributed by atoms with E-state index in [2.05, 4.69) is 10.4 Å². The Labute approximate surface area is 168 Å². The lowest BCUT2D eigenvalue weighted by Gasteiger charge is -2.27. The third-order valence-corrected chi connectivity index (χ3v) is 5.60. The summed E-state index contributed by atoms with van der Waals surface area (Å²) in [6.45, 7) is 2.34. The Balaban J connectivity index is 1.42. The lowest BCUT2D eigenvalue weighted by Crippen LogP contribution is -2.45. The summed E-state index contributed by atoms with van der Waals surface area (Å²) in [5.74, 6) is -0.306. The maximum atomic E-state index is 12.9. The first kappa shape index (κ1) is 19.2. The van der Waals surface area contributed by atoms with Gasteiger partial charge in [-0.05, 0) is 43.7 Å². The number of likely N-dealkylation sites (tertiary alicyclic amines) is 1. The number of benzene rings is 1. The summed E-state index contributed by atoms with van der Waals surface area (Å²) < 4.78 is 3.60. The van der Waals surface area contributed by atoms with E-state index in [0.717, 1.165) is 10.9 Å². The largest absolute Gasteiger partial charge is 0.391 e. The van der Waals surface area contributed by atoms with E-state index in [4.69, 9.17) is 0 Å². The van der Waals surface area contributed by atoms with E-state index >= 15 is 0 Å². The molecule has 8 heteroatoms. The molecule has 1 saturated heterocycles. The number of hydrogen-bond acceptors (Lipinski definition) is 4. The number of carbonyl (C=O) groups excluding carboxylic acids is 2. The molecule has 8 nitrogen and oxygen atoms in total. The van der Waals surface area contributed by atoms with Crippen LogP contribution in [0.5, 0.6) is 0 Å². The molecule has 1 aliphatic rings. The predicted octanol–water partition coefficient (Wildman–Crippen LogP) is 1.33. The van der Waals surface area contributed by atoms with Crippen molar-refractivity contribution in [2.75, 3.05) is 13.1 Å². The summed E-state index contributed by atoms with van der Waals surface area (Å²) in [6, 6.07) is 8.60. The van der Waals surface area contributed by atoms with Gasteiger partial charge in [-0.1, -0.05) is 0 Å². The molecule has 152 valence electrons. The Bertz CT molecular complexity index is 1030. The number of aromatic nitrogens is 3. The van der Waals surface area contributed by atoms with Gasteiger partial charge in [-0.15, -0.1) is 0 Å². The Morgan fingerprint density at radius 2 is 2.14 bits per heavy atom. The molecule has 1 aliphatic heterocycles. The minimum absolute atomic E-state index is 0.116. The number of rotatable bonds is 5. The van der Waals surface area contributed by atoms with Crippen LogP contribution in [-0.4, -0.2) is 61.4 Å². The van der Waals surface area contributed by atoms with Gasteiger partial charge in [-0.25, -0.2) is 0 Å². The van der Waals surface area contributed by atoms with Gasteiger partial charge < -0.3 is 19.9 Å². The van der Waals surface area contributed by atoms with Crippen molar-refractivity contribution in [2.24, 2.45) is 7.05 Å². The van der Waals surface area contributed by atoms with Crippen molar-refractivity contribution in [1.29, 1.82) is 0 Å². The van der Waals surface area contributed by atoms with E-state index in [9.17, 15) is 14.7 Å². The van der Waals surface area contributed by atoms with E-state index in [1.807, 2.05) is 36.0 Å². The van der Waals surface area contributed by atoms with Crippen molar-refractivity contribution in [3.8, 4) is 0 Å². The van der Waals surface area contributed by atoms with E-state index in [1.54, 1.807) is 41.0 Å². The van der Waals surface area contributed by atoms with Gasteiger partial charge in [0.25, 0.3) is 5.91 Å². The maximum absolute atomic E-state index is 12.9.